The van der Waals surface area contributed by atoms with Crippen molar-refractivity contribution in [2.45, 2.75) is 46.0 Å². The van der Waals surface area contributed by atoms with E-state index in [2.05, 4.69) is 29.1 Å². The Hall–Kier alpha value is -0.570. The van der Waals surface area contributed by atoms with Gasteiger partial charge in [-0.25, -0.2) is 0 Å². The van der Waals surface area contributed by atoms with Crippen LogP contribution in [-0.2, 0) is 4.79 Å². The lowest BCUT2D eigenvalue weighted by atomic mass is 9.96. The standard InChI is InChI=1S/C16H33N5O.HI/c1-13(2)5-9-20-16(18)19-8-3-4-10-21-11-6-14(7-12-21)15(17)22;/h13-14H,3-12H2,1-2H3,(H2,17,22)(H3,18,19,20);1H. The minimum atomic E-state index is -0.144. The van der Waals surface area contributed by atoms with Gasteiger partial charge < -0.3 is 21.7 Å². The number of nitrogens with one attached hydrogen (secondary N) is 1. The van der Waals surface area contributed by atoms with Gasteiger partial charge in [-0.15, -0.1) is 24.0 Å². The van der Waals surface area contributed by atoms with Gasteiger partial charge in [0.05, 0.1) is 0 Å². The van der Waals surface area contributed by atoms with Crippen molar-refractivity contribution >= 4 is 35.8 Å². The van der Waals surface area contributed by atoms with Crippen molar-refractivity contribution in [3.8, 4) is 0 Å². The summed E-state index contributed by atoms with van der Waals surface area (Å²) in [6, 6.07) is 0. The zero-order valence-corrected chi connectivity index (χ0v) is 16.9. The number of carbonyl (C=O) groups is 1. The van der Waals surface area contributed by atoms with Crippen LogP contribution in [0.3, 0.4) is 0 Å². The lowest BCUT2D eigenvalue weighted by Gasteiger charge is -2.30. The molecular weight excluding hydrogens is 405 g/mol. The third-order valence-corrected chi connectivity index (χ3v) is 4.18. The first-order valence-electron chi connectivity index (χ1n) is 8.54. The number of piperidine rings is 1. The number of likely N-dealkylation sites (tertiary alicyclic amines) is 1. The van der Waals surface area contributed by atoms with Crippen molar-refractivity contribution in [3.63, 3.8) is 0 Å². The number of amides is 1. The SMILES string of the molecule is CC(C)CCNC(N)=NCCCCN1CCC(C(N)=O)CC1.I. The third-order valence-electron chi connectivity index (χ3n) is 4.18. The fourth-order valence-electron chi connectivity index (χ4n) is 2.63. The molecule has 1 heterocycles. The van der Waals surface area contributed by atoms with Crippen LogP contribution in [0.1, 0.15) is 46.0 Å². The Labute approximate surface area is 157 Å². The predicted octanol–water partition coefficient (Wildman–Crippen LogP) is 1.53. The highest BCUT2D eigenvalue weighted by molar-refractivity contribution is 14.0. The van der Waals surface area contributed by atoms with Gasteiger partial charge in [-0.3, -0.25) is 9.79 Å². The summed E-state index contributed by atoms with van der Waals surface area (Å²) in [7, 11) is 0. The smallest absolute Gasteiger partial charge is 0.220 e. The number of hydrogen-bond acceptors (Lipinski definition) is 3. The second kappa shape index (κ2) is 12.8. The molecule has 1 rings (SSSR count). The monoisotopic (exact) mass is 439 g/mol. The van der Waals surface area contributed by atoms with E-state index in [0.717, 1.165) is 64.8 Å². The minimum absolute atomic E-state index is 0. The molecule has 0 unspecified atom stereocenters. The number of carbonyl (C=O) groups excluding carboxylic acids is 1. The first-order chi connectivity index (χ1) is 10.5. The number of aliphatic imine (C=N–C) groups is 1. The summed E-state index contributed by atoms with van der Waals surface area (Å²) in [6.45, 7) is 9.09. The fraction of sp³-hybridized carbons (Fsp3) is 0.875. The molecule has 0 saturated carbocycles. The summed E-state index contributed by atoms with van der Waals surface area (Å²) in [5.74, 6) is 1.17. The fourth-order valence-corrected chi connectivity index (χ4v) is 2.63. The van der Waals surface area contributed by atoms with Gasteiger partial charge in [-0.2, -0.15) is 0 Å². The van der Waals surface area contributed by atoms with Crippen LogP contribution in [0.25, 0.3) is 0 Å². The number of rotatable bonds is 9. The van der Waals surface area contributed by atoms with Gasteiger partial charge in [-0.05, 0) is 57.7 Å². The highest BCUT2D eigenvalue weighted by Gasteiger charge is 2.22. The number of halogens is 1. The summed E-state index contributed by atoms with van der Waals surface area (Å²) in [6.07, 6.45) is 5.07. The Balaban J connectivity index is 0.00000484. The Morgan fingerprint density at radius 1 is 1.26 bits per heavy atom. The molecule has 23 heavy (non-hydrogen) atoms. The lowest BCUT2D eigenvalue weighted by molar-refractivity contribution is -0.123. The van der Waals surface area contributed by atoms with E-state index in [9.17, 15) is 4.79 Å². The summed E-state index contributed by atoms with van der Waals surface area (Å²) in [4.78, 5) is 17.9. The third kappa shape index (κ3) is 10.8. The summed E-state index contributed by atoms with van der Waals surface area (Å²) in [5.41, 5.74) is 11.2. The van der Waals surface area contributed by atoms with E-state index in [0.29, 0.717) is 11.9 Å². The molecule has 0 aromatic rings. The van der Waals surface area contributed by atoms with Gasteiger partial charge in [0, 0.05) is 19.0 Å². The van der Waals surface area contributed by atoms with Crippen LogP contribution in [-0.4, -0.2) is 49.5 Å². The minimum Gasteiger partial charge on any atom is -0.370 e. The summed E-state index contributed by atoms with van der Waals surface area (Å²) >= 11 is 0. The van der Waals surface area contributed by atoms with Gasteiger partial charge in [-0.1, -0.05) is 13.8 Å². The molecule has 136 valence electrons. The van der Waals surface area contributed by atoms with Crippen molar-refractivity contribution in [2.75, 3.05) is 32.7 Å². The molecule has 5 N–H and O–H groups in total. The molecule has 1 aliphatic heterocycles. The van der Waals surface area contributed by atoms with E-state index in [-0.39, 0.29) is 35.8 Å². The lowest BCUT2D eigenvalue weighted by Crippen LogP contribution is -2.38. The topological polar surface area (TPSA) is 96.7 Å². The number of guanidine groups is 1. The number of nitrogens with zero attached hydrogens (tertiary/aromatic N) is 2. The van der Waals surface area contributed by atoms with E-state index in [1.54, 1.807) is 0 Å². The van der Waals surface area contributed by atoms with Crippen LogP contribution in [0.5, 0.6) is 0 Å². The molecule has 0 aromatic heterocycles. The number of unbranched alkanes of at least 4 members (excludes halogenated alkanes) is 1. The van der Waals surface area contributed by atoms with Crippen LogP contribution >= 0.6 is 24.0 Å². The molecule has 0 radical (unpaired) electrons. The van der Waals surface area contributed by atoms with Crippen molar-refractivity contribution in [1.29, 1.82) is 0 Å². The molecule has 1 aliphatic rings. The van der Waals surface area contributed by atoms with E-state index in [1.807, 2.05) is 0 Å². The van der Waals surface area contributed by atoms with E-state index >= 15 is 0 Å². The normalized spacial score (nSPS) is 17.1. The maximum atomic E-state index is 11.1. The molecule has 7 heteroatoms. The molecule has 1 amide bonds. The van der Waals surface area contributed by atoms with Crippen LogP contribution in [0, 0.1) is 11.8 Å². The maximum Gasteiger partial charge on any atom is 0.220 e. The van der Waals surface area contributed by atoms with Gasteiger partial charge in [0.2, 0.25) is 5.91 Å². The first-order valence-corrected chi connectivity index (χ1v) is 8.54. The summed E-state index contributed by atoms with van der Waals surface area (Å²) < 4.78 is 0. The van der Waals surface area contributed by atoms with Crippen molar-refractivity contribution in [3.05, 3.63) is 0 Å². The molecule has 0 atom stereocenters. The number of primary amides is 1. The summed E-state index contributed by atoms with van der Waals surface area (Å²) in [5, 5.41) is 3.14. The van der Waals surface area contributed by atoms with E-state index in [4.69, 9.17) is 11.5 Å². The second-order valence-electron chi connectivity index (χ2n) is 6.60. The highest BCUT2D eigenvalue weighted by Crippen LogP contribution is 2.16. The van der Waals surface area contributed by atoms with Crippen LogP contribution in [0.4, 0.5) is 0 Å². The van der Waals surface area contributed by atoms with Gasteiger partial charge in [0.25, 0.3) is 0 Å². The zero-order valence-electron chi connectivity index (χ0n) is 14.6. The van der Waals surface area contributed by atoms with Crippen LogP contribution in [0.15, 0.2) is 4.99 Å². The molecule has 0 aliphatic carbocycles. The maximum absolute atomic E-state index is 11.1. The average molecular weight is 439 g/mol. The Morgan fingerprint density at radius 3 is 2.48 bits per heavy atom. The van der Waals surface area contributed by atoms with Gasteiger partial charge >= 0.3 is 0 Å². The average Bonchev–Trinajstić information content (AvgIpc) is 2.47. The van der Waals surface area contributed by atoms with E-state index in [1.165, 1.54) is 0 Å². The molecule has 0 aromatic carbocycles. The molecule has 1 fully saturated rings. The molecule has 1 saturated heterocycles. The van der Waals surface area contributed by atoms with Crippen molar-refractivity contribution in [2.24, 2.45) is 28.3 Å². The number of nitrogens with two attached hydrogens (primary N) is 2. The highest BCUT2D eigenvalue weighted by atomic mass is 127. The Morgan fingerprint density at radius 2 is 1.91 bits per heavy atom. The molecular formula is C16H34IN5O. The van der Waals surface area contributed by atoms with E-state index < -0.39 is 0 Å². The van der Waals surface area contributed by atoms with Crippen LogP contribution in [0.2, 0.25) is 0 Å². The van der Waals surface area contributed by atoms with Crippen molar-refractivity contribution in [1.82, 2.24) is 10.2 Å². The quantitative estimate of drug-likeness (QED) is 0.220. The van der Waals surface area contributed by atoms with Gasteiger partial charge in [0.1, 0.15) is 0 Å². The second-order valence-corrected chi connectivity index (χ2v) is 6.60. The number of hydrogen-bond donors (Lipinski definition) is 3. The first kappa shape index (κ1) is 22.4. The van der Waals surface area contributed by atoms with Crippen LogP contribution < -0.4 is 16.8 Å². The molecule has 6 nitrogen and oxygen atoms in total. The largest absolute Gasteiger partial charge is 0.370 e. The zero-order chi connectivity index (χ0) is 16.4. The van der Waals surface area contributed by atoms with Crippen molar-refractivity contribution < 1.29 is 4.79 Å². The Bertz CT molecular complexity index is 354. The predicted molar refractivity (Wildman–Crippen MR) is 107 cm³/mol. The molecule has 0 bridgehead atoms. The Kier molecular flexibility index (Phi) is 12.5. The molecule has 0 spiro atoms. The van der Waals surface area contributed by atoms with Gasteiger partial charge in [0.15, 0.2) is 5.96 Å².